The number of hydrogen-bond donors (Lipinski definition) is 1. The fraction of sp³-hybridized carbons (Fsp3) is 0.333. The van der Waals surface area contributed by atoms with Crippen LogP contribution in [0.25, 0.3) is 0 Å². The van der Waals surface area contributed by atoms with Gasteiger partial charge in [0.2, 0.25) is 11.8 Å². The summed E-state index contributed by atoms with van der Waals surface area (Å²) in [6, 6.07) is 11.7. The van der Waals surface area contributed by atoms with Crippen molar-refractivity contribution in [2.45, 2.75) is 37.5 Å². The van der Waals surface area contributed by atoms with E-state index in [4.69, 9.17) is 0 Å². The van der Waals surface area contributed by atoms with E-state index in [1.54, 1.807) is 46.2 Å². The third kappa shape index (κ3) is 3.85. The van der Waals surface area contributed by atoms with Crippen LogP contribution in [0, 0.1) is 0 Å². The topological polar surface area (TPSA) is 86.8 Å². The van der Waals surface area contributed by atoms with Gasteiger partial charge >= 0.3 is 0 Å². The molecule has 2 aliphatic heterocycles. The molecule has 2 aliphatic rings. The van der Waals surface area contributed by atoms with Crippen LogP contribution in [-0.4, -0.2) is 33.3 Å². The van der Waals surface area contributed by atoms with Crippen LogP contribution in [0.4, 0.5) is 17.1 Å². The molecule has 0 atom stereocenters. The third-order valence-electron chi connectivity index (χ3n) is 5.34. The summed E-state index contributed by atoms with van der Waals surface area (Å²) in [5.74, 6) is 0.00248. The normalized spacial score (nSPS) is 16.7. The first-order chi connectivity index (χ1) is 13.8. The zero-order valence-corrected chi connectivity index (χ0v) is 17.0. The minimum atomic E-state index is -3.80. The molecule has 0 aliphatic carbocycles. The summed E-state index contributed by atoms with van der Waals surface area (Å²) in [5.41, 5.74) is 2.73. The standard InChI is InChI=1S/C21H23N3O4S/c1-15(25)23-11-3-5-16-13-19(9-10-20(16)23)29(27,28)22-17-6-2-7-18(14-17)24-12-4-8-21(24)26/h2,6-7,9-10,13-14,22H,3-5,8,11-12H2,1H3. The summed E-state index contributed by atoms with van der Waals surface area (Å²) >= 11 is 0. The zero-order chi connectivity index (χ0) is 20.6. The molecule has 2 aromatic carbocycles. The maximum absolute atomic E-state index is 12.9. The van der Waals surface area contributed by atoms with E-state index in [1.807, 2.05) is 0 Å². The fourth-order valence-corrected chi connectivity index (χ4v) is 5.04. The first-order valence-electron chi connectivity index (χ1n) is 9.69. The summed E-state index contributed by atoms with van der Waals surface area (Å²) in [4.78, 5) is 27.3. The SMILES string of the molecule is CC(=O)N1CCCc2cc(S(=O)(=O)Nc3cccc(N4CCCC4=O)c3)ccc21. The molecular weight excluding hydrogens is 390 g/mol. The minimum Gasteiger partial charge on any atom is -0.312 e. The van der Waals surface area contributed by atoms with Crippen molar-refractivity contribution in [3.05, 3.63) is 48.0 Å². The molecule has 0 unspecified atom stereocenters. The number of nitrogens with one attached hydrogen (secondary N) is 1. The molecule has 0 spiro atoms. The largest absolute Gasteiger partial charge is 0.312 e. The van der Waals surface area contributed by atoms with Crippen molar-refractivity contribution in [2.75, 3.05) is 27.6 Å². The Morgan fingerprint density at radius 1 is 1.03 bits per heavy atom. The van der Waals surface area contributed by atoms with Crippen LogP contribution in [0.2, 0.25) is 0 Å². The Morgan fingerprint density at radius 2 is 1.83 bits per heavy atom. The number of carbonyl (C=O) groups excluding carboxylic acids is 2. The monoisotopic (exact) mass is 413 g/mol. The number of nitrogens with zero attached hydrogens (tertiary/aromatic N) is 2. The first kappa shape index (κ1) is 19.4. The van der Waals surface area contributed by atoms with Gasteiger partial charge in [-0.25, -0.2) is 8.42 Å². The Balaban J connectivity index is 1.60. The van der Waals surface area contributed by atoms with Gasteiger partial charge in [-0.3, -0.25) is 14.3 Å². The smallest absolute Gasteiger partial charge is 0.261 e. The molecule has 0 radical (unpaired) electrons. The molecule has 29 heavy (non-hydrogen) atoms. The summed E-state index contributed by atoms with van der Waals surface area (Å²) in [6.07, 6.45) is 2.86. The third-order valence-corrected chi connectivity index (χ3v) is 6.72. The van der Waals surface area contributed by atoms with Crippen LogP contribution >= 0.6 is 0 Å². The number of anilines is 3. The lowest BCUT2D eigenvalue weighted by molar-refractivity contribution is -0.117. The van der Waals surface area contributed by atoms with Crippen molar-refractivity contribution in [1.82, 2.24) is 0 Å². The zero-order valence-electron chi connectivity index (χ0n) is 16.2. The highest BCUT2D eigenvalue weighted by atomic mass is 32.2. The molecule has 1 N–H and O–H groups in total. The molecule has 2 amide bonds. The second kappa shape index (κ2) is 7.51. The minimum absolute atomic E-state index is 0.0482. The average Bonchev–Trinajstić information content (AvgIpc) is 3.12. The van der Waals surface area contributed by atoms with Gasteiger partial charge in [-0.1, -0.05) is 6.07 Å². The van der Waals surface area contributed by atoms with Gasteiger partial charge in [-0.15, -0.1) is 0 Å². The molecule has 0 saturated carbocycles. The van der Waals surface area contributed by atoms with E-state index in [0.29, 0.717) is 30.9 Å². The van der Waals surface area contributed by atoms with Crippen LogP contribution in [0.3, 0.4) is 0 Å². The van der Waals surface area contributed by atoms with Crippen LogP contribution in [0.5, 0.6) is 0 Å². The number of benzene rings is 2. The second-order valence-electron chi connectivity index (χ2n) is 7.37. The molecule has 8 heteroatoms. The number of sulfonamides is 1. The number of aryl methyl sites for hydroxylation is 1. The van der Waals surface area contributed by atoms with Crippen molar-refractivity contribution >= 4 is 38.9 Å². The van der Waals surface area contributed by atoms with E-state index in [9.17, 15) is 18.0 Å². The second-order valence-corrected chi connectivity index (χ2v) is 9.05. The lowest BCUT2D eigenvalue weighted by Gasteiger charge is -2.28. The lowest BCUT2D eigenvalue weighted by Crippen LogP contribution is -2.33. The van der Waals surface area contributed by atoms with Crippen LogP contribution in [-0.2, 0) is 26.0 Å². The van der Waals surface area contributed by atoms with Crippen molar-refractivity contribution < 1.29 is 18.0 Å². The molecule has 0 bridgehead atoms. The number of carbonyl (C=O) groups is 2. The Labute approximate surface area is 170 Å². The van der Waals surface area contributed by atoms with Gasteiger partial charge in [0.15, 0.2) is 0 Å². The number of rotatable bonds is 4. The lowest BCUT2D eigenvalue weighted by atomic mass is 10.0. The fourth-order valence-electron chi connectivity index (χ4n) is 3.94. The molecule has 2 heterocycles. The molecule has 1 saturated heterocycles. The van der Waals surface area contributed by atoms with Gasteiger partial charge in [0, 0.05) is 37.8 Å². The van der Waals surface area contributed by atoms with E-state index in [0.717, 1.165) is 30.5 Å². The van der Waals surface area contributed by atoms with E-state index < -0.39 is 10.0 Å². The molecule has 0 aromatic heterocycles. The summed E-state index contributed by atoms with van der Waals surface area (Å²) in [5, 5.41) is 0. The Kier molecular flexibility index (Phi) is 5.04. The Hall–Kier alpha value is -2.87. The number of fused-ring (bicyclic) bond motifs is 1. The maximum Gasteiger partial charge on any atom is 0.261 e. The van der Waals surface area contributed by atoms with Crippen LogP contribution < -0.4 is 14.5 Å². The van der Waals surface area contributed by atoms with Gasteiger partial charge in [-0.05, 0) is 61.2 Å². The highest BCUT2D eigenvalue weighted by molar-refractivity contribution is 7.92. The van der Waals surface area contributed by atoms with Gasteiger partial charge in [0.25, 0.3) is 10.0 Å². The highest BCUT2D eigenvalue weighted by Crippen LogP contribution is 2.31. The summed E-state index contributed by atoms with van der Waals surface area (Å²) in [7, 11) is -3.80. The van der Waals surface area contributed by atoms with E-state index >= 15 is 0 Å². The van der Waals surface area contributed by atoms with Crippen LogP contribution in [0.1, 0.15) is 31.7 Å². The van der Waals surface area contributed by atoms with Crippen LogP contribution in [0.15, 0.2) is 47.4 Å². The Morgan fingerprint density at radius 3 is 2.55 bits per heavy atom. The summed E-state index contributed by atoms with van der Waals surface area (Å²) < 4.78 is 28.5. The van der Waals surface area contributed by atoms with Crippen molar-refractivity contribution in [1.29, 1.82) is 0 Å². The Bertz CT molecular complexity index is 1080. The predicted octanol–water partition coefficient (Wildman–Crippen LogP) is 2.91. The van der Waals surface area contributed by atoms with Gasteiger partial charge in [0.1, 0.15) is 0 Å². The molecular formula is C21H23N3O4S. The van der Waals surface area contributed by atoms with Gasteiger partial charge in [0.05, 0.1) is 10.6 Å². The molecule has 152 valence electrons. The van der Waals surface area contributed by atoms with Crippen molar-refractivity contribution in [2.24, 2.45) is 0 Å². The number of amides is 2. The summed E-state index contributed by atoms with van der Waals surface area (Å²) in [6.45, 7) is 2.81. The van der Waals surface area contributed by atoms with Crippen molar-refractivity contribution in [3.63, 3.8) is 0 Å². The number of hydrogen-bond acceptors (Lipinski definition) is 4. The van der Waals surface area contributed by atoms with E-state index in [-0.39, 0.29) is 16.7 Å². The predicted molar refractivity (Wildman–Crippen MR) is 112 cm³/mol. The van der Waals surface area contributed by atoms with Gasteiger partial charge < -0.3 is 9.80 Å². The van der Waals surface area contributed by atoms with E-state index in [2.05, 4.69) is 4.72 Å². The quantitative estimate of drug-likeness (QED) is 0.835. The molecule has 2 aromatic rings. The molecule has 7 nitrogen and oxygen atoms in total. The molecule has 4 rings (SSSR count). The first-order valence-corrected chi connectivity index (χ1v) is 11.2. The van der Waals surface area contributed by atoms with E-state index in [1.165, 1.54) is 13.0 Å². The molecule has 1 fully saturated rings. The maximum atomic E-state index is 12.9. The average molecular weight is 413 g/mol. The van der Waals surface area contributed by atoms with Crippen molar-refractivity contribution in [3.8, 4) is 0 Å². The van der Waals surface area contributed by atoms with Gasteiger partial charge in [-0.2, -0.15) is 0 Å². The highest BCUT2D eigenvalue weighted by Gasteiger charge is 2.24.